The summed E-state index contributed by atoms with van der Waals surface area (Å²) < 4.78 is 6.98. The molecule has 0 aromatic carbocycles. The molecule has 0 bridgehead atoms. The van der Waals surface area contributed by atoms with E-state index in [1.807, 2.05) is 10.7 Å². The van der Waals surface area contributed by atoms with Crippen molar-refractivity contribution in [2.24, 2.45) is 0 Å². The van der Waals surface area contributed by atoms with Gasteiger partial charge in [0, 0.05) is 12.7 Å². The maximum Gasteiger partial charge on any atom is 0.294 e. The van der Waals surface area contributed by atoms with Gasteiger partial charge in [0.05, 0.1) is 18.4 Å². The molecule has 2 aromatic rings. The molecule has 0 unspecified atom stereocenters. The fourth-order valence-corrected chi connectivity index (χ4v) is 1.27. The monoisotopic (exact) mass is 192 g/mol. The number of aromatic nitrogens is 3. The Balaban J connectivity index is 1.98. The Morgan fingerprint density at radius 3 is 3.14 bits per heavy atom. The molecule has 5 nitrogen and oxygen atoms in total. The van der Waals surface area contributed by atoms with Crippen LogP contribution in [-0.2, 0) is 13.1 Å². The van der Waals surface area contributed by atoms with E-state index in [2.05, 4.69) is 22.3 Å². The molecule has 0 saturated carbocycles. The lowest BCUT2D eigenvalue weighted by Gasteiger charge is -2.04. The molecule has 0 amide bonds. The lowest BCUT2D eigenvalue weighted by atomic mass is 10.4. The van der Waals surface area contributed by atoms with E-state index in [-0.39, 0.29) is 0 Å². The van der Waals surface area contributed by atoms with Crippen molar-refractivity contribution in [3.05, 3.63) is 30.4 Å². The highest BCUT2D eigenvalue weighted by Crippen LogP contribution is 2.05. The SMILES string of the molecule is CCn1nccc1CNc1ncco1. The van der Waals surface area contributed by atoms with Crippen LogP contribution in [-0.4, -0.2) is 14.8 Å². The molecule has 2 aromatic heterocycles. The number of hydrogen-bond donors (Lipinski definition) is 1. The van der Waals surface area contributed by atoms with E-state index in [1.54, 1.807) is 18.7 Å². The van der Waals surface area contributed by atoms with Gasteiger partial charge in [-0.15, -0.1) is 0 Å². The Morgan fingerprint density at radius 2 is 2.43 bits per heavy atom. The van der Waals surface area contributed by atoms with Gasteiger partial charge in [0.1, 0.15) is 6.26 Å². The second-order valence-electron chi connectivity index (χ2n) is 2.83. The van der Waals surface area contributed by atoms with Crippen LogP contribution in [0.5, 0.6) is 0 Å². The minimum atomic E-state index is 0.536. The number of anilines is 1. The summed E-state index contributed by atoms with van der Waals surface area (Å²) in [6.45, 7) is 3.60. The first-order chi connectivity index (χ1) is 6.90. The van der Waals surface area contributed by atoms with Crippen LogP contribution < -0.4 is 5.32 Å². The van der Waals surface area contributed by atoms with Crippen molar-refractivity contribution in [1.82, 2.24) is 14.8 Å². The van der Waals surface area contributed by atoms with Crippen molar-refractivity contribution in [2.75, 3.05) is 5.32 Å². The topological polar surface area (TPSA) is 55.9 Å². The van der Waals surface area contributed by atoms with E-state index in [1.165, 1.54) is 0 Å². The predicted molar refractivity (Wildman–Crippen MR) is 51.7 cm³/mol. The lowest BCUT2D eigenvalue weighted by molar-refractivity contribution is 0.565. The molecule has 0 radical (unpaired) electrons. The third-order valence-electron chi connectivity index (χ3n) is 1.96. The van der Waals surface area contributed by atoms with Gasteiger partial charge in [-0.2, -0.15) is 5.10 Å². The molecule has 0 aliphatic heterocycles. The van der Waals surface area contributed by atoms with E-state index in [0.717, 1.165) is 12.2 Å². The first-order valence-corrected chi connectivity index (χ1v) is 4.54. The van der Waals surface area contributed by atoms with Crippen molar-refractivity contribution >= 4 is 6.01 Å². The number of hydrogen-bond acceptors (Lipinski definition) is 4. The van der Waals surface area contributed by atoms with Gasteiger partial charge in [-0.25, -0.2) is 4.98 Å². The molecule has 14 heavy (non-hydrogen) atoms. The van der Waals surface area contributed by atoms with Crippen LogP contribution in [0.25, 0.3) is 0 Å². The van der Waals surface area contributed by atoms with Crippen molar-refractivity contribution in [1.29, 1.82) is 0 Å². The van der Waals surface area contributed by atoms with Gasteiger partial charge in [0.2, 0.25) is 0 Å². The minimum Gasteiger partial charge on any atom is -0.432 e. The predicted octanol–water partition coefficient (Wildman–Crippen LogP) is 1.50. The molecule has 0 fully saturated rings. The van der Waals surface area contributed by atoms with Gasteiger partial charge in [-0.3, -0.25) is 4.68 Å². The standard InChI is InChI=1S/C9H12N4O/c1-2-13-8(3-4-12-13)7-11-9-10-5-6-14-9/h3-6H,2,7H2,1H3,(H,10,11). The smallest absolute Gasteiger partial charge is 0.294 e. The highest BCUT2D eigenvalue weighted by atomic mass is 16.4. The molecule has 0 spiro atoms. The van der Waals surface area contributed by atoms with E-state index in [0.29, 0.717) is 12.6 Å². The fraction of sp³-hybridized carbons (Fsp3) is 0.333. The Labute approximate surface area is 81.8 Å². The number of nitrogens with zero attached hydrogens (tertiary/aromatic N) is 3. The molecule has 1 N–H and O–H groups in total. The second-order valence-corrected chi connectivity index (χ2v) is 2.83. The van der Waals surface area contributed by atoms with Crippen LogP contribution in [0.15, 0.2) is 29.1 Å². The zero-order valence-corrected chi connectivity index (χ0v) is 7.97. The first-order valence-electron chi connectivity index (χ1n) is 4.54. The number of nitrogens with one attached hydrogen (secondary N) is 1. The normalized spacial score (nSPS) is 10.4. The van der Waals surface area contributed by atoms with E-state index >= 15 is 0 Å². The molecule has 2 heterocycles. The highest BCUT2D eigenvalue weighted by molar-refractivity contribution is 5.20. The Hall–Kier alpha value is -1.78. The van der Waals surface area contributed by atoms with Gasteiger partial charge >= 0.3 is 0 Å². The van der Waals surface area contributed by atoms with E-state index in [4.69, 9.17) is 4.42 Å². The Kier molecular flexibility index (Phi) is 2.48. The molecule has 0 saturated heterocycles. The van der Waals surface area contributed by atoms with Crippen LogP contribution in [0.4, 0.5) is 6.01 Å². The average Bonchev–Trinajstić information content (AvgIpc) is 2.85. The summed E-state index contributed by atoms with van der Waals surface area (Å²) in [6.07, 6.45) is 4.94. The number of oxazole rings is 1. The van der Waals surface area contributed by atoms with Crippen LogP contribution in [0.3, 0.4) is 0 Å². The zero-order valence-electron chi connectivity index (χ0n) is 7.97. The third kappa shape index (κ3) is 1.76. The molecule has 0 atom stereocenters. The molecule has 74 valence electrons. The minimum absolute atomic E-state index is 0.536. The van der Waals surface area contributed by atoms with Crippen molar-refractivity contribution in [3.63, 3.8) is 0 Å². The molecular formula is C9H12N4O. The summed E-state index contributed by atoms with van der Waals surface area (Å²) in [5, 5.41) is 7.22. The maximum absolute atomic E-state index is 5.05. The Morgan fingerprint density at radius 1 is 1.50 bits per heavy atom. The highest BCUT2D eigenvalue weighted by Gasteiger charge is 2.01. The van der Waals surface area contributed by atoms with E-state index < -0.39 is 0 Å². The summed E-state index contributed by atoms with van der Waals surface area (Å²) in [5.41, 5.74) is 1.12. The van der Waals surface area contributed by atoms with Gasteiger partial charge in [-0.05, 0) is 13.0 Å². The van der Waals surface area contributed by atoms with Crippen LogP contribution in [0.2, 0.25) is 0 Å². The zero-order chi connectivity index (χ0) is 9.80. The van der Waals surface area contributed by atoms with E-state index in [9.17, 15) is 0 Å². The summed E-state index contributed by atoms with van der Waals surface area (Å²) in [6, 6.07) is 2.51. The van der Waals surface area contributed by atoms with Crippen LogP contribution in [0, 0.1) is 0 Å². The molecule has 2 rings (SSSR count). The summed E-state index contributed by atoms with van der Waals surface area (Å²) in [7, 11) is 0. The number of aryl methyl sites for hydroxylation is 1. The van der Waals surface area contributed by atoms with Crippen LogP contribution >= 0.6 is 0 Å². The van der Waals surface area contributed by atoms with Crippen molar-refractivity contribution in [2.45, 2.75) is 20.0 Å². The van der Waals surface area contributed by atoms with Crippen molar-refractivity contribution in [3.8, 4) is 0 Å². The largest absolute Gasteiger partial charge is 0.432 e. The summed E-state index contributed by atoms with van der Waals surface area (Å²) in [4.78, 5) is 3.96. The first kappa shape index (κ1) is 8.80. The molecular weight excluding hydrogens is 180 g/mol. The van der Waals surface area contributed by atoms with Gasteiger partial charge < -0.3 is 9.73 Å². The average molecular weight is 192 g/mol. The summed E-state index contributed by atoms with van der Waals surface area (Å²) >= 11 is 0. The second kappa shape index (κ2) is 3.95. The Bertz CT molecular complexity index is 379. The maximum atomic E-state index is 5.05. The van der Waals surface area contributed by atoms with Crippen molar-refractivity contribution < 1.29 is 4.42 Å². The molecule has 0 aliphatic rings. The quantitative estimate of drug-likeness (QED) is 0.797. The molecule has 0 aliphatic carbocycles. The fourth-order valence-electron chi connectivity index (χ4n) is 1.27. The number of rotatable bonds is 4. The van der Waals surface area contributed by atoms with Gasteiger partial charge in [-0.1, -0.05) is 0 Å². The van der Waals surface area contributed by atoms with Gasteiger partial charge in [0.15, 0.2) is 0 Å². The third-order valence-corrected chi connectivity index (χ3v) is 1.96. The van der Waals surface area contributed by atoms with Crippen LogP contribution in [0.1, 0.15) is 12.6 Å². The lowest BCUT2D eigenvalue weighted by Crippen LogP contribution is -2.07. The molecule has 5 heteroatoms. The summed E-state index contributed by atoms with van der Waals surface area (Å²) in [5.74, 6) is 0. The van der Waals surface area contributed by atoms with Gasteiger partial charge in [0.25, 0.3) is 6.01 Å².